The van der Waals surface area contributed by atoms with E-state index in [1.807, 2.05) is 28.5 Å². The predicted molar refractivity (Wildman–Crippen MR) is 142 cm³/mol. The first-order valence-electron chi connectivity index (χ1n) is 11.6. The molecule has 4 rings (SSSR count). The molecular weight excluding hydrogens is 492 g/mol. The van der Waals surface area contributed by atoms with Gasteiger partial charge in [-0.1, -0.05) is 24.4 Å². The summed E-state index contributed by atoms with van der Waals surface area (Å²) >= 11 is 1.40. The third-order valence-electron chi connectivity index (χ3n) is 5.87. The van der Waals surface area contributed by atoms with Gasteiger partial charge in [-0.3, -0.25) is 9.78 Å². The van der Waals surface area contributed by atoms with Gasteiger partial charge in [0, 0.05) is 36.3 Å². The van der Waals surface area contributed by atoms with Crippen molar-refractivity contribution in [2.75, 3.05) is 20.8 Å². The van der Waals surface area contributed by atoms with Crippen LogP contribution in [0.25, 0.3) is 0 Å². The number of ether oxygens (including phenoxy) is 3. The number of rotatable bonds is 10. The number of hydrogen-bond donors (Lipinski definition) is 1. The summed E-state index contributed by atoms with van der Waals surface area (Å²) in [6, 6.07) is 8.49. The van der Waals surface area contributed by atoms with Crippen LogP contribution in [0.5, 0.6) is 11.5 Å². The van der Waals surface area contributed by atoms with Gasteiger partial charge in [0.15, 0.2) is 5.17 Å². The molecule has 0 spiro atoms. The number of carbonyl (C=O) groups is 2. The molecule has 0 unspecified atom stereocenters. The highest BCUT2D eigenvalue weighted by atomic mass is 32.2. The van der Waals surface area contributed by atoms with Crippen molar-refractivity contribution in [1.29, 1.82) is 0 Å². The van der Waals surface area contributed by atoms with Crippen molar-refractivity contribution in [2.24, 2.45) is 4.99 Å². The Morgan fingerprint density at radius 1 is 1.19 bits per heavy atom. The second kappa shape index (κ2) is 11.8. The fourth-order valence-corrected chi connectivity index (χ4v) is 5.07. The fourth-order valence-electron chi connectivity index (χ4n) is 4.11. The molecule has 0 saturated carbocycles. The molecule has 2 aromatic rings. The van der Waals surface area contributed by atoms with Crippen LogP contribution in [-0.4, -0.2) is 47.8 Å². The number of carbonyl (C=O) groups excluding carboxylic acids is 2. The number of fused-ring (bicyclic) bond motifs is 1. The molecule has 1 N–H and O–H groups in total. The number of hydrogen-bond acceptors (Lipinski definition) is 9. The lowest BCUT2D eigenvalue weighted by Gasteiger charge is -2.36. The SMILES string of the molecule is C=CCOC(=O)C1=C(C)N=C2SC=C(CC(=O)NCc3ccncc3)N2[C@H]1c1ccc(OC)cc1OC. The summed E-state index contributed by atoms with van der Waals surface area (Å²) < 4.78 is 16.5. The van der Waals surface area contributed by atoms with Crippen LogP contribution in [0.15, 0.2) is 82.7 Å². The first-order chi connectivity index (χ1) is 18.0. The number of esters is 1. The number of nitrogens with one attached hydrogen (secondary N) is 1. The molecule has 192 valence electrons. The summed E-state index contributed by atoms with van der Waals surface area (Å²) in [5, 5.41) is 5.50. The van der Waals surface area contributed by atoms with E-state index in [1.165, 1.54) is 17.8 Å². The summed E-state index contributed by atoms with van der Waals surface area (Å²) in [4.78, 5) is 36.7. The average Bonchev–Trinajstić information content (AvgIpc) is 3.31. The average molecular weight is 521 g/mol. The maximum absolute atomic E-state index is 13.3. The summed E-state index contributed by atoms with van der Waals surface area (Å²) in [6.07, 6.45) is 4.98. The lowest BCUT2D eigenvalue weighted by atomic mass is 9.93. The molecule has 3 heterocycles. The summed E-state index contributed by atoms with van der Waals surface area (Å²) in [5.74, 6) is 0.475. The first kappa shape index (κ1) is 26.0. The van der Waals surface area contributed by atoms with Crippen molar-refractivity contribution in [2.45, 2.75) is 25.9 Å². The Bertz CT molecular complexity index is 1290. The standard InChI is InChI=1S/C27H28N4O5S/c1-5-12-36-26(33)24-17(2)30-27-31(25(24)21-7-6-20(34-3)14-22(21)35-4)19(16-37-27)13-23(32)29-15-18-8-10-28-11-9-18/h5-11,14,16,25H,1,12-13,15H2,2-4H3,(H,29,32)/t25-/m0/s1. The highest BCUT2D eigenvalue weighted by Crippen LogP contribution is 2.47. The largest absolute Gasteiger partial charge is 0.497 e. The minimum atomic E-state index is -0.625. The van der Waals surface area contributed by atoms with Crippen LogP contribution >= 0.6 is 11.8 Å². The number of amides is 1. The van der Waals surface area contributed by atoms with E-state index in [4.69, 9.17) is 14.2 Å². The van der Waals surface area contributed by atoms with Crippen LogP contribution in [-0.2, 0) is 20.9 Å². The van der Waals surface area contributed by atoms with Gasteiger partial charge in [-0.05, 0) is 42.2 Å². The van der Waals surface area contributed by atoms with E-state index in [-0.39, 0.29) is 18.9 Å². The smallest absolute Gasteiger partial charge is 0.338 e. The van der Waals surface area contributed by atoms with Crippen LogP contribution in [0, 0.1) is 0 Å². The molecule has 1 atom stereocenters. The summed E-state index contributed by atoms with van der Waals surface area (Å²) in [7, 11) is 3.13. The van der Waals surface area contributed by atoms with Crippen molar-refractivity contribution < 1.29 is 23.8 Å². The van der Waals surface area contributed by atoms with E-state index < -0.39 is 12.0 Å². The van der Waals surface area contributed by atoms with Crippen molar-refractivity contribution in [3.05, 3.63) is 88.9 Å². The molecule has 10 heteroatoms. The number of nitrogens with zero attached hydrogens (tertiary/aromatic N) is 3. The zero-order valence-electron chi connectivity index (χ0n) is 20.9. The quantitative estimate of drug-likeness (QED) is 0.369. The van der Waals surface area contributed by atoms with Crippen LogP contribution in [0.1, 0.15) is 30.5 Å². The zero-order chi connectivity index (χ0) is 26.4. The Morgan fingerprint density at radius 2 is 1.97 bits per heavy atom. The van der Waals surface area contributed by atoms with Crippen LogP contribution in [0.2, 0.25) is 0 Å². The highest BCUT2D eigenvalue weighted by molar-refractivity contribution is 8.16. The van der Waals surface area contributed by atoms with Gasteiger partial charge in [0.2, 0.25) is 5.91 Å². The van der Waals surface area contributed by atoms with Crippen molar-refractivity contribution >= 4 is 28.8 Å². The Hall–Kier alpha value is -4.05. The van der Waals surface area contributed by atoms with Crippen LogP contribution in [0.4, 0.5) is 0 Å². The van der Waals surface area contributed by atoms with Gasteiger partial charge in [-0.25, -0.2) is 9.79 Å². The number of aromatic nitrogens is 1. The molecule has 1 amide bonds. The van der Waals surface area contributed by atoms with Gasteiger partial charge in [-0.15, -0.1) is 0 Å². The molecule has 0 saturated heterocycles. The Kier molecular flexibility index (Phi) is 8.29. The first-order valence-corrected chi connectivity index (χ1v) is 12.4. The molecule has 0 bridgehead atoms. The molecule has 0 fully saturated rings. The Balaban J connectivity index is 1.68. The highest BCUT2D eigenvalue weighted by Gasteiger charge is 2.42. The third kappa shape index (κ3) is 5.69. The Labute approximate surface area is 219 Å². The maximum Gasteiger partial charge on any atom is 0.338 e. The van der Waals surface area contributed by atoms with E-state index in [9.17, 15) is 9.59 Å². The number of benzene rings is 1. The second-order valence-electron chi connectivity index (χ2n) is 8.20. The van der Waals surface area contributed by atoms with Crippen molar-refractivity contribution in [3.8, 4) is 11.5 Å². The summed E-state index contributed by atoms with van der Waals surface area (Å²) in [5.41, 5.74) is 3.27. The molecular formula is C27H28N4O5S. The maximum atomic E-state index is 13.3. The number of pyridine rings is 1. The molecule has 9 nitrogen and oxygen atoms in total. The monoisotopic (exact) mass is 520 g/mol. The van der Waals surface area contributed by atoms with Gasteiger partial charge in [-0.2, -0.15) is 0 Å². The van der Waals surface area contributed by atoms with E-state index in [1.54, 1.807) is 45.7 Å². The lowest BCUT2D eigenvalue weighted by molar-refractivity contribution is -0.138. The second-order valence-corrected chi connectivity index (χ2v) is 9.03. The third-order valence-corrected chi connectivity index (χ3v) is 6.76. The topological polar surface area (TPSA) is 102 Å². The van der Waals surface area contributed by atoms with Crippen molar-refractivity contribution in [1.82, 2.24) is 15.2 Å². The molecule has 1 aromatic carbocycles. The number of aliphatic imine (C=N–C) groups is 1. The van der Waals surface area contributed by atoms with Crippen LogP contribution in [0.3, 0.4) is 0 Å². The molecule has 0 radical (unpaired) electrons. The van der Waals surface area contributed by atoms with Gasteiger partial charge < -0.3 is 24.4 Å². The number of methoxy groups -OCH3 is 2. The number of amidine groups is 1. The molecule has 1 aromatic heterocycles. The molecule has 2 aliphatic rings. The van der Waals surface area contributed by atoms with Gasteiger partial charge in [0.1, 0.15) is 18.1 Å². The predicted octanol–water partition coefficient (Wildman–Crippen LogP) is 4.11. The van der Waals surface area contributed by atoms with Gasteiger partial charge in [0.05, 0.1) is 38.0 Å². The van der Waals surface area contributed by atoms with E-state index in [0.717, 1.165) is 5.56 Å². The van der Waals surface area contributed by atoms with E-state index >= 15 is 0 Å². The van der Waals surface area contributed by atoms with Crippen LogP contribution < -0.4 is 14.8 Å². The molecule has 2 aliphatic heterocycles. The summed E-state index contributed by atoms with van der Waals surface area (Å²) in [6.45, 7) is 5.86. The number of thioether (sulfide) groups is 1. The Morgan fingerprint density at radius 3 is 2.68 bits per heavy atom. The fraction of sp³-hybridized carbons (Fsp3) is 0.259. The van der Waals surface area contributed by atoms with E-state index in [2.05, 4.69) is 21.9 Å². The molecule has 37 heavy (non-hydrogen) atoms. The minimum absolute atomic E-state index is 0.0630. The van der Waals surface area contributed by atoms with E-state index in [0.29, 0.717) is 45.7 Å². The normalized spacial score (nSPS) is 16.4. The zero-order valence-corrected chi connectivity index (χ0v) is 21.7. The number of allylic oxidation sites excluding steroid dienone is 1. The van der Waals surface area contributed by atoms with Gasteiger partial charge >= 0.3 is 5.97 Å². The minimum Gasteiger partial charge on any atom is -0.497 e. The van der Waals surface area contributed by atoms with Crippen molar-refractivity contribution in [3.63, 3.8) is 0 Å². The molecule has 0 aliphatic carbocycles. The van der Waals surface area contributed by atoms with Gasteiger partial charge in [0.25, 0.3) is 0 Å². The lowest BCUT2D eigenvalue weighted by Crippen LogP contribution is -2.38.